The van der Waals surface area contributed by atoms with Gasteiger partial charge in [0.05, 0.1) is 18.3 Å². The number of ether oxygens (including phenoxy) is 2. The van der Waals surface area contributed by atoms with Crippen molar-refractivity contribution in [2.75, 3.05) is 11.9 Å². The molecule has 1 rings (SSSR count). The number of terminal acetylenes is 1. The van der Waals surface area contributed by atoms with Crippen molar-refractivity contribution < 1.29 is 9.47 Å². The lowest BCUT2D eigenvalue weighted by atomic mass is 10.2. The molecule has 0 radical (unpaired) electrons. The van der Waals surface area contributed by atoms with Crippen LogP contribution in [0.2, 0.25) is 0 Å². The molecular weight excluding hydrogens is 244 g/mol. The van der Waals surface area contributed by atoms with Crippen molar-refractivity contribution in [3.8, 4) is 12.3 Å². The zero-order valence-electron chi connectivity index (χ0n) is 8.28. The molecule has 3 heteroatoms. The summed E-state index contributed by atoms with van der Waals surface area (Å²) in [6.45, 7) is 2.41. The molecule has 0 aromatic rings. The highest BCUT2D eigenvalue weighted by Gasteiger charge is 2.20. The lowest BCUT2D eigenvalue weighted by Crippen LogP contribution is -2.20. The van der Waals surface area contributed by atoms with E-state index in [-0.39, 0.29) is 18.3 Å². The SMILES string of the molecule is C#CCO[C@@H]1C=C[C@H](OC(C)CBr)C1. The first-order chi connectivity index (χ1) is 6.76. The largest absolute Gasteiger partial charge is 0.370 e. The average Bonchev–Trinajstić information content (AvgIpc) is 2.62. The number of alkyl halides is 1. The van der Waals surface area contributed by atoms with Crippen LogP contribution in [0, 0.1) is 12.3 Å². The van der Waals surface area contributed by atoms with Gasteiger partial charge in [-0.25, -0.2) is 0 Å². The van der Waals surface area contributed by atoms with Crippen LogP contribution in [0.4, 0.5) is 0 Å². The number of hydrogen-bond donors (Lipinski definition) is 0. The van der Waals surface area contributed by atoms with Crippen LogP contribution >= 0.6 is 15.9 Å². The standard InChI is InChI=1S/C11H15BrO2/c1-3-6-13-10-4-5-11(7-10)14-9(2)8-12/h1,4-5,9-11H,6-8H2,2H3/t9?,10-,11+/m1/s1. The molecule has 0 bridgehead atoms. The van der Waals surface area contributed by atoms with Crippen LogP contribution in [0.25, 0.3) is 0 Å². The second-order valence-corrected chi connectivity index (χ2v) is 3.96. The Kier molecular flexibility index (Phi) is 5.24. The summed E-state index contributed by atoms with van der Waals surface area (Å²) in [4.78, 5) is 0. The molecule has 0 saturated heterocycles. The van der Waals surface area contributed by atoms with Crippen LogP contribution < -0.4 is 0 Å². The molecule has 14 heavy (non-hydrogen) atoms. The van der Waals surface area contributed by atoms with Crippen molar-refractivity contribution in [2.45, 2.75) is 31.7 Å². The van der Waals surface area contributed by atoms with E-state index in [1.165, 1.54) is 0 Å². The highest BCUT2D eigenvalue weighted by Crippen LogP contribution is 2.18. The first kappa shape index (κ1) is 11.8. The van der Waals surface area contributed by atoms with Crippen LogP contribution in [-0.4, -0.2) is 30.2 Å². The lowest BCUT2D eigenvalue weighted by Gasteiger charge is -2.16. The molecule has 1 unspecified atom stereocenters. The molecule has 0 spiro atoms. The Morgan fingerprint density at radius 3 is 2.93 bits per heavy atom. The summed E-state index contributed by atoms with van der Waals surface area (Å²) in [5.41, 5.74) is 0. The Balaban J connectivity index is 2.22. The highest BCUT2D eigenvalue weighted by atomic mass is 79.9. The molecular formula is C11H15BrO2. The van der Waals surface area contributed by atoms with Crippen LogP contribution in [-0.2, 0) is 9.47 Å². The zero-order chi connectivity index (χ0) is 10.4. The third-order valence-electron chi connectivity index (χ3n) is 2.01. The van der Waals surface area contributed by atoms with Crippen molar-refractivity contribution in [3.63, 3.8) is 0 Å². The van der Waals surface area contributed by atoms with Crippen LogP contribution in [0.3, 0.4) is 0 Å². The van der Waals surface area contributed by atoms with Gasteiger partial charge >= 0.3 is 0 Å². The monoisotopic (exact) mass is 258 g/mol. The molecule has 0 N–H and O–H groups in total. The van der Waals surface area contributed by atoms with Gasteiger partial charge in [-0.15, -0.1) is 6.42 Å². The third kappa shape index (κ3) is 3.83. The number of rotatable bonds is 5. The van der Waals surface area contributed by atoms with E-state index < -0.39 is 0 Å². The maximum absolute atomic E-state index is 5.71. The molecule has 78 valence electrons. The Labute approximate surface area is 93.8 Å². The smallest absolute Gasteiger partial charge is 0.108 e. The van der Waals surface area contributed by atoms with Crippen molar-refractivity contribution in [2.24, 2.45) is 0 Å². The highest BCUT2D eigenvalue weighted by molar-refractivity contribution is 9.09. The van der Waals surface area contributed by atoms with Crippen LogP contribution in [0.5, 0.6) is 0 Å². The van der Waals surface area contributed by atoms with Gasteiger partial charge in [-0.3, -0.25) is 0 Å². The summed E-state index contributed by atoms with van der Waals surface area (Å²) in [5.74, 6) is 2.46. The van der Waals surface area contributed by atoms with Gasteiger partial charge in [-0.05, 0) is 6.92 Å². The maximum atomic E-state index is 5.71. The molecule has 0 saturated carbocycles. The van der Waals surface area contributed by atoms with Gasteiger partial charge in [0, 0.05) is 11.8 Å². The van der Waals surface area contributed by atoms with Gasteiger partial charge in [0.25, 0.3) is 0 Å². The minimum Gasteiger partial charge on any atom is -0.370 e. The van der Waals surface area contributed by atoms with E-state index in [1.807, 2.05) is 19.1 Å². The van der Waals surface area contributed by atoms with Gasteiger partial charge in [0.15, 0.2) is 0 Å². The first-order valence-corrected chi connectivity index (χ1v) is 5.83. The first-order valence-electron chi connectivity index (χ1n) is 4.71. The Hall–Kier alpha value is -0.300. The quantitative estimate of drug-likeness (QED) is 0.428. The van der Waals surface area contributed by atoms with Gasteiger partial charge in [-0.2, -0.15) is 0 Å². The minimum absolute atomic E-state index is 0.124. The summed E-state index contributed by atoms with van der Waals surface area (Å²) in [6, 6.07) is 0. The maximum Gasteiger partial charge on any atom is 0.108 e. The number of halogens is 1. The fourth-order valence-corrected chi connectivity index (χ4v) is 1.50. The molecule has 0 amide bonds. The molecule has 1 aliphatic rings. The van der Waals surface area contributed by atoms with Crippen molar-refractivity contribution in [1.29, 1.82) is 0 Å². The minimum atomic E-state index is 0.124. The van der Waals surface area contributed by atoms with E-state index in [9.17, 15) is 0 Å². The second kappa shape index (κ2) is 6.23. The Morgan fingerprint density at radius 1 is 1.57 bits per heavy atom. The Morgan fingerprint density at radius 2 is 2.29 bits per heavy atom. The summed E-state index contributed by atoms with van der Waals surface area (Å²) >= 11 is 3.37. The summed E-state index contributed by atoms with van der Waals surface area (Å²) in [7, 11) is 0. The van der Waals surface area contributed by atoms with E-state index in [2.05, 4.69) is 21.9 Å². The summed E-state index contributed by atoms with van der Waals surface area (Å²) < 4.78 is 11.1. The predicted molar refractivity (Wildman–Crippen MR) is 60.5 cm³/mol. The van der Waals surface area contributed by atoms with Crippen molar-refractivity contribution in [1.82, 2.24) is 0 Å². The summed E-state index contributed by atoms with van der Waals surface area (Å²) in [5, 5.41) is 0.854. The Bertz CT molecular complexity index is 232. The van der Waals surface area contributed by atoms with Gasteiger partial charge in [0.1, 0.15) is 6.61 Å². The molecule has 0 aliphatic heterocycles. The molecule has 3 atom stereocenters. The van der Waals surface area contributed by atoms with Gasteiger partial charge < -0.3 is 9.47 Å². The molecule has 0 heterocycles. The molecule has 0 aromatic heterocycles. The number of hydrogen-bond acceptors (Lipinski definition) is 2. The fourth-order valence-electron chi connectivity index (χ4n) is 1.35. The van der Waals surface area contributed by atoms with Crippen LogP contribution in [0.15, 0.2) is 12.2 Å². The van der Waals surface area contributed by atoms with Crippen molar-refractivity contribution in [3.05, 3.63) is 12.2 Å². The van der Waals surface area contributed by atoms with E-state index in [1.54, 1.807) is 0 Å². The van der Waals surface area contributed by atoms with E-state index in [0.717, 1.165) is 11.8 Å². The van der Waals surface area contributed by atoms with E-state index >= 15 is 0 Å². The predicted octanol–water partition coefficient (Wildman–Crippen LogP) is 2.13. The van der Waals surface area contributed by atoms with Gasteiger partial charge in [0.2, 0.25) is 0 Å². The molecule has 2 nitrogen and oxygen atoms in total. The average molecular weight is 259 g/mol. The van der Waals surface area contributed by atoms with E-state index in [4.69, 9.17) is 15.9 Å². The molecule has 0 aromatic carbocycles. The third-order valence-corrected chi connectivity index (χ3v) is 2.92. The molecule has 0 fully saturated rings. The van der Waals surface area contributed by atoms with Gasteiger partial charge in [-0.1, -0.05) is 34.0 Å². The second-order valence-electron chi connectivity index (χ2n) is 3.31. The lowest BCUT2D eigenvalue weighted by molar-refractivity contribution is 0.0134. The van der Waals surface area contributed by atoms with Crippen LogP contribution in [0.1, 0.15) is 13.3 Å². The molecule has 1 aliphatic carbocycles. The topological polar surface area (TPSA) is 18.5 Å². The van der Waals surface area contributed by atoms with Crippen molar-refractivity contribution >= 4 is 15.9 Å². The summed E-state index contributed by atoms with van der Waals surface area (Å²) in [6.07, 6.45) is 10.6. The fraction of sp³-hybridized carbons (Fsp3) is 0.636. The zero-order valence-corrected chi connectivity index (χ0v) is 9.87. The normalized spacial score (nSPS) is 27.5. The van der Waals surface area contributed by atoms with E-state index in [0.29, 0.717) is 6.61 Å².